The number of nitrogens with two attached hydrogens (primary N) is 1. The molecular formula is C9H14N4. The van der Waals surface area contributed by atoms with Crippen LogP contribution in [0.3, 0.4) is 0 Å². The molecule has 1 aromatic rings. The summed E-state index contributed by atoms with van der Waals surface area (Å²) in [5, 5.41) is 7.57. The Morgan fingerprint density at radius 2 is 2.54 bits per heavy atom. The third-order valence-corrected chi connectivity index (χ3v) is 2.15. The van der Waals surface area contributed by atoms with Crippen LogP contribution >= 0.6 is 0 Å². The van der Waals surface area contributed by atoms with Crippen LogP contribution in [0.4, 0.5) is 0 Å². The highest BCUT2D eigenvalue weighted by molar-refractivity contribution is 5.65. The van der Waals surface area contributed by atoms with Crippen LogP contribution in [0.2, 0.25) is 0 Å². The molecular weight excluding hydrogens is 164 g/mol. The zero-order valence-electron chi connectivity index (χ0n) is 7.70. The van der Waals surface area contributed by atoms with Gasteiger partial charge in [0.1, 0.15) is 0 Å². The Morgan fingerprint density at radius 3 is 3.15 bits per heavy atom. The van der Waals surface area contributed by atoms with Gasteiger partial charge in [-0.25, -0.2) is 0 Å². The Balaban J connectivity index is 2.25. The van der Waals surface area contributed by atoms with Crippen LogP contribution in [0.15, 0.2) is 18.3 Å². The predicted octanol–water partition coefficient (Wildman–Crippen LogP) is -0.266. The van der Waals surface area contributed by atoms with E-state index in [0.717, 1.165) is 18.8 Å². The number of aryl methyl sites for hydroxylation is 1. The Labute approximate surface area is 77.4 Å². The Bertz CT molecular complexity index is 326. The third kappa shape index (κ3) is 1.79. The number of hydrogen-bond donors (Lipinski definition) is 2. The highest BCUT2D eigenvalue weighted by Gasteiger charge is 2.11. The number of nitrogens with one attached hydrogen (secondary N) is 1. The maximum atomic E-state index is 5.80. The SMILES string of the molecule is Cn1ccc(C2=CC(N)CNC2)n1. The van der Waals surface area contributed by atoms with E-state index in [9.17, 15) is 0 Å². The fraction of sp³-hybridized carbons (Fsp3) is 0.444. The summed E-state index contributed by atoms with van der Waals surface area (Å²) in [5.74, 6) is 0. The molecule has 0 bridgehead atoms. The predicted molar refractivity (Wildman–Crippen MR) is 52.0 cm³/mol. The summed E-state index contributed by atoms with van der Waals surface area (Å²) in [4.78, 5) is 0. The van der Waals surface area contributed by atoms with E-state index in [0.29, 0.717) is 0 Å². The van der Waals surface area contributed by atoms with Gasteiger partial charge in [-0.3, -0.25) is 4.68 Å². The molecule has 1 aliphatic heterocycles. The van der Waals surface area contributed by atoms with Crippen molar-refractivity contribution in [3.8, 4) is 0 Å². The summed E-state index contributed by atoms with van der Waals surface area (Å²) in [6.07, 6.45) is 4.02. The molecule has 4 nitrogen and oxygen atoms in total. The molecule has 1 unspecified atom stereocenters. The van der Waals surface area contributed by atoms with Crippen LogP contribution in [-0.2, 0) is 7.05 Å². The van der Waals surface area contributed by atoms with Gasteiger partial charge in [-0.2, -0.15) is 5.10 Å². The molecule has 0 saturated carbocycles. The second-order valence-electron chi connectivity index (χ2n) is 3.36. The monoisotopic (exact) mass is 178 g/mol. The van der Waals surface area contributed by atoms with Gasteiger partial charge in [-0.15, -0.1) is 0 Å². The molecule has 4 heteroatoms. The molecule has 1 atom stereocenters. The van der Waals surface area contributed by atoms with Crippen molar-refractivity contribution in [3.05, 3.63) is 24.0 Å². The van der Waals surface area contributed by atoms with E-state index in [1.54, 1.807) is 4.68 Å². The Morgan fingerprint density at radius 1 is 1.69 bits per heavy atom. The first-order chi connectivity index (χ1) is 6.25. The van der Waals surface area contributed by atoms with Crippen molar-refractivity contribution in [1.29, 1.82) is 0 Å². The van der Waals surface area contributed by atoms with Crippen LogP contribution in [0.1, 0.15) is 5.69 Å². The van der Waals surface area contributed by atoms with Crippen molar-refractivity contribution in [1.82, 2.24) is 15.1 Å². The fourth-order valence-corrected chi connectivity index (χ4v) is 1.51. The van der Waals surface area contributed by atoms with Gasteiger partial charge in [-0.1, -0.05) is 6.08 Å². The lowest BCUT2D eigenvalue weighted by Crippen LogP contribution is -2.37. The largest absolute Gasteiger partial charge is 0.323 e. The summed E-state index contributed by atoms with van der Waals surface area (Å²) < 4.78 is 1.80. The van der Waals surface area contributed by atoms with Crippen molar-refractivity contribution in [2.45, 2.75) is 6.04 Å². The molecule has 0 spiro atoms. The molecule has 1 aliphatic rings. The van der Waals surface area contributed by atoms with E-state index in [1.807, 2.05) is 19.3 Å². The molecule has 3 N–H and O–H groups in total. The Kier molecular flexibility index (Phi) is 2.16. The van der Waals surface area contributed by atoms with Gasteiger partial charge in [0.2, 0.25) is 0 Å². The van der Waals surface area contributed by atoms with Crippen LogP contribution in [0.5, 0.6) is 0 Å². The fourth-order valence-electron chi connectivity index (χ4n) is 1.51. The van der Waals surface area contributed by atoms with Gasteiger partial charge < -0.3 is 11.1 Å². The minimum absolute atomic E-state index is 0.116. The van der Waals surface area contributed by atoms with E-state index < -0.39 is 0 Å². The second kappa shape index (κ2) is 3.32. The van der Waals surface area contributed by atoms with Crippen molar-refractivity contribution in [2.24, 2.45) is 12.8 Å². The van der Waals surface area contributed by atoms with E-state index in [4.69, 9.17) is 5.73 Å². The molecule has 0 amide bonds. The van der Waals surface area contributed by atoms with Crippen molar-refractivity contribution < 1.29 is 0 Å². The molecule has 2 rings (SSSR count). The van der Waals surface area contributed by atoms with Gasteiger partial charge in [0.05, 0.1) is 5.69 Å². The molecule has 2 heterocycles. The van der Waals surface area contributed by atoms with Crippen LogP contribution in [-0.4, -0.2) is 28.9 Å². The number of rotatable bonds is 1. The number of hydrogen-bond acceptors (Lipinski definition) is 3. The lowest BCUT2D eigenvalue weighted by molar-refractivity contribution is 0.659. The standard InChI is InChI=1S/C9H14N4/c1-13-3-2-9(12-13)7-4-8(10)6-11-5-7/h2-4,8,11H,5-6,10H2,1H3. The van der Waals surface area contributed by atoms with Gasteiger partial charge in [0.15, 0.2) is 0 Å². The molecule has 0 aliphatic carbocycles. The summed E-state index contributed by atoms with van der Waals surface area (Å²) in [7, 11) is 1.92. The van der Waals surface area contributed by atoms with Crippen LogP contribution in [0, 0.1) is 0 Å². The smallest absolute Gasteiger partial charge is 0.0893 e. The highest BCUT2D eigenvalue weighted by atomic mass is 15.2. The average molecular weight is 178 g/mol. The van der Waals surface area contributed by atoms with Crippen LogP contribution < -0.4 is 11.1 Å². The first kappa shape index (κ1) is 8.47. The molecule has 0 aromatic carbocycles. The zero-order valence-corrected chi connectivity index (χ0v) is 7.70. The number of nitrogens with zero attached hydrogens (tertiary/aromatic N) is 2. The topological polar surface area (TPSA) is 55.9 Å². The maximum absolute atomic E-state index is 5.80. The summed E-state index contributed by atoms with van der Waals surface area (Å²) >= 11 is 0. The van der Waals surface area contributed by atoms with E-state index in [-0.39, 0.29) is 6.04 Å². The first-order valence-corrected chi connectivity index (χ1v) is 4.43. The molecule has 70 valence electrons. The minimum Gasteiger partial charge on any atom is -0.323 e. The summed E-state index contributed by atoms with van der Waals surface area (Å²) in [5.41, 5.74) is 8.01. The lowest BCUT2D eigenvalue weighted by atomic mass is 10.1. The third-order valence-electron chi connectivity index (χ3n) is 2.15. The van der Waals surface area contributed by atoms with E-state index >= 15 is 0 Å². The zero-order chi connectivity index (χ0) is 9.26. The lowest BCUT2D eigenvalue weighted by Gasteiger charge is -2.17. The van der Waals surface area contributed by atoms with Gasteiger partial charge in [0, 0.05) is 32.4 Å². The van der Waals surface area contributed by atoms with Crippen molar-refractivity contribution in [2.75, 3.05) is 13.1 Å². The van der Waals surface area contributed by atoms with Gasteiger partial charge in [0.25, 0.3) is 0 Å². The first-order valence-electron chi connectivity index (χ1n) is 4.43. The quantitative estimate of drug-likeness (QED) is 0.622. The molecule has 0 fully saturated rings. The van der Waals surface area contributed by atoms with Crippen LogP contribution in [0.25, 0.3) is 5.57 Å². The van der Waals surface area contributed by atoms with Crippen molar-refractivity contribution >= 4 is 5.57 Å². The van der Waals surface area contributed by atoms with Gasteiger partial charge >= 0.3 is 0 Å². The number of aromatic nitrogens is 2. The maximum Gasteiger partial charge on any atom is 0.0893 e. The van der Waals surface area contributed by atoms with E-state index in [1.165, 1.54) is 5.57 Å². The summed E-state index contributed by atoms with van der Waals surface area (Å²) in [6, 6.07) is 2.12. The molecule has 13 heavy (non-hydrogen) atoms. The molecule has 0 radical (unpaired) electrons. The normalized spacial score (nSPS) is 22.9. The molecule has 1 aromatic heterocycles. The van der Waals surface area contributed by atoms with Crippen molar-refractivity contribution in [3.63, 3.8) is 0 Å². The Hall–Kier alpha value is -1.13. The average Bonchev–Trinajstić information content (AvgIpc) is 2.52. The second-order valence-corrected chi connectivity index (χ2v) is 3.36. The highest BCUT2D eigenvalue weighted by Crippen LogP contribution is 2.13. The van der Waals surface area contributed by atoms with Gasteiger partial charge in [-0.05, 0) is 11.6 Å². The van der Waals surface area contributed by atoms with E-state index in [2.05, 4.69) is 16.5 Å². The summed E-state index contributed by atoms with van der Waals surface area (Å²) in [6.45, 7) is 1.72. The molecule has 0 saturated heterocycles. The minimum atomic E-state index is 0.116.